The first-order valence-corrected chi connectivity index (χ1v) is 11.9. The van der Waals surface area contributed by atoms with Crippen molar-refractivity contribution in [2.45, 2.75) is 44.3 Å². The molecule has 2 amide bonds. The minimum Gasteiger partial charge on any atom is -0.480 e. The maximum atomic E-state index is 13.3. The van der Waals surface area contributed by atoms with Crippen LogP contribution in [0, 0.1) is 0 Å². The molecule has 2 aliphatic rings. The average molecular weight is 450 g/mol. The fourth-order valence-electron chi connectivity index (χ4n) is 3.98. The van der Waals surface area contributed by atoms with E-state index in [9.17, 15) is 27.9 Å². The van der Waals surface area contributed by atoms with Gasteiger partial charge in [0.25, 0.3) is 5.91 Å². The first-order chi connectivity index (χ1) is 14.7. The standard InChI is InChI=1S/C21H27N3O6S/c1-2-12-31(29,30)23-13-16-10-6-7-11-17(20(26)24(16)18(14-23)21(27)28)22-19(25)15-8-4-3-5-9-15/h3-9,16-18H,2,10-14H2,1H3,(H,22,25)(H,27,28)/b7-6-/t16-,17-,18-/m0/s1. The van der Waals surface area contributed by atoms with E-state index in [1.54, 1.807) is 49.4 Å². The van der Waals surface area contributed by atoms with Gasteiger partial charge in [-0.3, -0.25) is 9.59 Å². The zero-order chi connectivity index (χ0) is 22.6. The summed E-state index contributed by atoms with van der Waals surface area (Å²) >= 11 is 0. The van der Waals surface area contributed by atoms with Crippen molar-refractivity contribution in [1.29, 1.82) is 0 Å². The highest BCUT2D eigenvalue weighted by molar-refractivity contribution is 7.89. The molecular formula is C21H27N3O6S. The molecule has 31 heavy (non-hydrogen) atoms. The lowest BCUT2D eigenvalue weighted by Crippen LogP contribution is -2.66. The quantitative estimate of drug-likeness (QED) is 0.620. The molecule has 1 aromatic rings. The van der Waals surface area contributed by atoms with Gasteiger partial charge in [0.2, 0.25) is 15.9 Å². The number of nitrogens with one attached hydrogen (secondary N) is 1. The number of carbonyl (C=O) groups excluding carboxylic acids is 2. The molecule has 0 aromatic heterocycles. The molecule has 3 rings (SSSR count). The number of piperazine rings is 1. The molecular weight excluding hydrogens is 422 g/mol. The average Bonchev–Trinajstić information content (AvgIpc) is 2.74. The summed E-state index contributed by atoms with van der Waals surface area (Å²) in [6.45, 7) is 1.47. The van der Waals surface area contributed by atoms with Crippen LogP contribution in [0.1, 0.15) is 36.5 Å². The van der Waals surface area contributed by atoms with E-state index in [-0.39, 0.29) is 25.3 Å². The third-order valence-electron chi connectivity index (χ3n) is 5.50. The Morgan fingerprint density at radius 2 is 1.81 bits per heavy atom. The number of sulfonamides is 1. The van der Waals surface area contributed by atoms with E-state index in [1.165, 1.54) is 9.21 Å². The number of amides is 2. The van der Waals surface area contributed by atoms with Crippen LogP contribution in [0.3, 0.4) is 0 Å². The molecule has 0 spiro atoms. The van der Waals surface area contributed by atoms with Gasteiger partial charge in [0, 0.05) is 24.7 Å². The number of fused-ring (bicyclic) bond motifs is 1. The second-order valence-electron chi connectivity index (χ2n) is 7.72. The Balaban J connectivity index is 1.87. The molecule has 0 unspecified atom stereocenters. The Morgan fingerprint density at radius 3 is 2.45 bits per heavy atom. The number of carboxylic acid groups (broad SMARTS) is 1. The summed E-state index contributed by atoms with van der Waals surface area (Å²) in [4.78, 5) is 39.2. The Morgan fingerprint density at radius 1 is 1.13 bits per heavy atom. The Kier molecular flexibility index (Phi) is 7.11. The molecule has 2 heterocycles. The van der Waals surface area contributed by atoms with Crippen molar-refractivity contribution < 1.29 is 27.9 Å². The fraction of sp³-hybridized carbons (Fsp3) is 0.476. The van der Waals surface area contributed by atoms with E-state index in [2.05, 4.69) is 5.32 Å². The van der Waals surface area contributed by atoms with Crippen LogP contribution in [0.5, 0.6) is 0 Å². The minimum absolute atomic E-state index is 0.0293. The molecule has 1 fully saturated rings. The van der Waals surface area contributed by atoms with Crippen molar-refractivity contribution in [3.8, 4) is 0 Å². The zero-order valence-corrected chi connectivity index (χ0v) is 18.1. The predicted molar refractivity (Wildman–Crippen MR) is 114 cm³/mol. The molecule has 2 aliphatic heterocycles. The van der Waals surface area contributed by atoms with Crippen molar-refractivity contribution in [3.63, 3.8) is 0 Å². The number of carboxylic acids is 1. The van der Waals surface area contributed by atoms with Crippen LogP contribution in [-0.4, -0.2) is 77.5 Å². The first kappa shape index (κ1) is 23.0. The van der Waals surface area contributed by atoms with Gasteiger partial charge in [0.15, 0.2) is 0 Å². The van der Waals surface area contributed by atoms with Gasteiger partial charge < -0.3 is 15.3 Å². The van der Waals surface area contributed by atoms with Crippen LogP contribution in [0.15, 0.2) is 42.5 Å². The third kappa shape index (κ3) is 5.13. The lowest BCUT2D eigenvalue weighted by atomic mass is 9.98. The largest absolute Gasteiger partial charge is 0.480 e. The second kappa shape index (κ2) is 9.61. The highest BCUT2D eigenvalue weighted by Gasteiger charge is 2.46. The third-order valence-corrected chi connectivity index (χ3v) is 7.51. The zero-order valence-electron chi connectivity index (χ0n) is 17.3. The van der Waals surface area contributed by atoms with E-state index in [4.69, 9.17) is 0 Å². The second-order valence-corrected chi connectivity index (χ2v) is 9.81. The highest BCUT2D eigenvalue weighted by atomic mass is 32.2. The molecule has 168 valence electrons. The SMILES string of the molecule is CCCS(=O)(=O)N1C[C@@H]2C/C=C\C[C@H](NC(=O)c3ccccc3)C(=O)N2[C@H](C(=O)O)C1. The van der Waals surface area contributed by atoms with Gasteiger partial charge in [-0.05, 0) is 31.4 Å². The minimum atomic E-state index is -3.62. The molecule has 0 saturated carbocycles. The summed E-state index contributed by atoms with van der Waals surface area (Å²) in [6.07, 6.45) is 4.55. The number of carbonyl (C=O) groups is 3. The maximum absolute atomic E-state index is 13.3. The van der Waals surface area contributed by atoms with Crippen LogP contribution in [0.4, 0.5) is 0 Å². The number of hydrogen-bond donors (Lipinski definition) is 2. The van der Waals surface area contributed by atoms with Crippen molar-refractivity contribution in [1.82, 2.24) is 14.5 Å². The van der Waals surface area contributed by atoms with E-state index in [0.717, 1.165) is 0 Å². The molecule has 10 heteroatoms. The van der Waals surface area contributed by atoms with Crippen LogP contribution >= 0.6 is 0 Å². The van der Waals surface area contributed by atoms with Crippen molar-refractivity contribution in [2.75, 3.05) is 18.8 Å². The number of aliphatic carboxylic acids is 1. The molecule has 3 atom stereocenters. The van der Waals surface area contributed by atoms with Gasteiger partial charge in [0.05, 0.1) is 5.75 Å². The molecule has 0 radical (unpaired) electrons. The van der Waals surface area contributed by atoms with Crippen LogP contribution in [0.25, 0.3) is 0 Å². The van der Waals surface area contributed by atoms with Crippen molar-refractivity contribution in [2.24, 2.45) is 0 Å². The Hall–Kier alpha value is -2.72. The van der Waals surface area contributed by atoms with Gasteiger partial charge in [-0.2, -0.15) is 4.31 Å². The van der Waals surface area contributed by atoms with Crippen LogP contribution < -0.4 is 5.32 Å². The van der Waals surface area contributed by atoms with Gasteiger partial charge in [-0.25, -0.2) is 13.2 Å². The monoisotopic (exact) mass is 449 g/mol. The molecule has 0 bridgehead atoms. The van der Waals surface area contributed by atoms with Crippen molar-refractivity contribution >= 4 is 27.8 Å². The number of rotatable bonds is 6. The number of hydrogen-bond acceptors (Lipinski definition) is 5. The highest BCUT2D eigenvalue weighted by Crippen LogP contribution is 2.25. The van der Waals surface area contributed by atoms with Crippen molar-refractivity contribution in [3.05, 3.63) is 48.0 Å². The smallest absolute Gasteiger partial charge is 0.327 e. The van der Waals surface area contributed by atoms with E-state index < -0.39 is 45.9 Å². The fourth-order valence-corrected chi connectivity index (χ4v) is 5.53. The lowest BCUT2D eigenvalue weighted by molar-refractivity contribution is -0.156. The summed E-state index contributed by atoms with van der Waals surface area (Å²) in [5.41, 5.74) is 0.392. The van der Waals surface area contributed by atoms with E-state index in [0.29, 0.717) is 18.4 Å². The van der Waals surface area contributed by atoms with Gasteiger partial charge in [-0.15, -0.1) is 0 Å². The summed E-state index contributed by atoms with van der Waals surface area (Å²) in [5, 5.41) is 12.5. The summed E-state index contributed by atoms with van der Waals surface area (Å²) < 4.78 is 26.3. The molecule has 1 saturated heterocycles. The molecule has 1 aromatic carbocycles. The van der Waals surface area contributed by atoms with Gasteiger partial charge in [0.1, 0.15) is 12.1 Å². The Labute approximate surface area is 181 Å². The van der Waals surface area contributed by atoms with E-state index >= 15 is 0 Å². The Bertz CT molecular complexity index is 963. The normalized spacial score (nSPS) is 25.8. The molecule has 2 N–H and O–H groups in total. The van der Waals surface area contributed by atoms with Gasteiger partial charge in [-0.1, -0.05) is 37.3 Å². The summed E-state index contributed by atoms with van der Waals surface area (Å²) in [5.74, 6) is -2.29. The maximum Gasteiger partial charge on any atom is 0.327 e. The lowest BCUT2D eigenvalue weighted by Gasteiger charge is -2.46. The topological polar surface area (TPSA) is 124 Å². The summed E-state index contributed by atoms with van der Waals surface area (Å²) in [6, 6.07) is 5.56. The summed E-state index contributed by atoms with van der Waals surface area (Å²) in [7, 11) is -3.62. The predicted octanol–water partition coefficient (Wildman–Crippen LogP) is 0.841. The first-order valence-electron chi connectivity index (χ1n) is 10.3. The molecule has 0 aliphatic carbocycles. The molecule has 9 nitrogen and oxygen atoms in total. The number of nitrogens with zero attached hydrogens (tertiary/aromatic N) is 2. The van der Waals surface area contributed by atoms with Gasteiger partial charge >= 0.3 is 5.97 Å². The van der Waals surface area contributed by atoms with Crippen LogP contribution in [0.2, 0.25) is 0 Å². The number of benzene rings is 1. The van der Waals surface area contributed by atoms with Crippen LogP contribution in [-0.2, 0) is 19.6 Å². The van der Waals surface area contributed by atoms with E-state index in [1.807, 2.05) is 0 Å².